The lowest BCUT2D eigenvalue weighted by Gasteiger charge is -2.20. The molecule has 0 aliphatic heterocycles. The first-order valence-corrected chi connectivity index (χ1v) is 20.4. The highest BCUT2D eigenvalue weighted by molar-refractivity contribution is 5.76. The van der Waals surface area contributed by atoms with E-state index in [0.717, 1.165) is 51.4 Å². The number of carbonyl (C=O) groups is 1. The summed E-state index contributed by atoms with van der Waals surface area (Å²) < 4.78 is 0. The van der Waals surface area contributed by atoms with Gasteiger partial charge in [0.15, 0.2) is 0 Å². The SMILES string of the molecule is CCCCCCCC/C=C/CC/C=C/C(O)C(CO)NC(=O)CC(O)CCCCCCC/C=C\C/C=C\CCCCCCCCCCC. The number of amides is 1. The van der Waals surface area contributed by atoms with E-state index in [1.54, 1.807) is 6.08 Å². The van der Waals surface area contributed by atoms with E-state index in [-0.39, 0.29) is 18.9 Å². The molecule has 280 valence electrons. The zero-order valence-corrected chi connectivity index (χ0v) is 31.6. The predicted octanol–water partition coefficient (Wildman–Crippen LogP) is 11.4. The van der Waals surface area contributed by atoms with Crippen molar-refractivity contribution in [3.05, 3.63) is 48.6 Å². The van der Waals surface area contributed by atoms with Gasteiger partial charge in [0.05, 0.1) is 31.3 Å². The molecule has 48 heavy (non-hydrogen) atoms. The number of nitrogens with one attached hydrogen (secondary N) is 1. The van der Waals surface area contributed by atoms with Gasteiger partial charge in [0.2, 0.25) is 5.91 Å². The maximum Gasteiger partial charge on any atom is 0.222 e. The molecule has 0 aliphatic carbocycles. The monoisotopic (exact) mass is 674 g/mol. The number of hydrogen-bond donors (Lipinski definition) is 4. The van der Waals surface area contributed by atoms with Gasteiger partial charge < -0.3 is 20.6 Å². The number of hydrogen-bond acceptors (Lipinski definition) is 4. The Morgan fingerprint density at radius 2 is 0.958 bits per heavy atom. The van der Waals surface area contributed by atoms with E-state index in [4.69, 9.17) is 0 Å². The molecule has 0 bridgehead atoms. The lowest BCUT2D eigenvalue weighted by Crippen LogP contribution is -2.45. The lowest BCUT2D eigenvalue weighted by atomic mass is 10.0. The van der Waals surface area contributed by atoms with Crippen LogP contribution in [0.15, 0.2) is 48.6 Å². The Kier molecular flexibility index (Phi) is 36.8. The number of rotatable bonds is 36. The molecule has 5 heteroatoms. The molecule has 0 aromatic heterocycles. The third kappa shape index (κ3) is 34.2. The molecule has 0 aliphatic rings. The summed E-state index contributed by atoms with van der Waals surface area (Å²) in [6.07, 6.45) is 48.2. The summed E-state index contributed by atoms with van der Waals surface area (Å²) in [5.41, 5.74) is 0. The maximum atomic E-state index is 12.4. The van der Waals surface area contributed by atoms with Crippen molar-refractivity contribution in [3.63, 3.8) is 0 Å². The second-order valence-electron chi connectivity index (χ2n) is 13.9. The molecule has 5 nitrogen and oxygen atoms in total. The van der Waals surface area contributed by atoms with Gasteiger partial charge in [-0.05, 0) is 64.2 Å². The number of allylic oxidation sites excluding steroid dienone is 7. The molecule has 3 atom stereocenters. The Balaban J connectivity index is 3.74. The van der Waals surface area contributed by atoms with Crippen molar-refractivity contribution < 1.29 is 20.1 Å². The van der Waals surface area contributed by atoms with E-state index in [9.17, 15) is 20.1 Å². The van der Waals surface area contributed by atoms with Gasteiger partial charge in [-0.3, -0.25) is 4.79 Å². The highest BCUT2D eigenvalue weighted by Crippen LogP contribution is 2.13. The highest BCUT2D eigenvalue weighted by atomic mass is 16.3. The van der Waals surface area contributed by atoms with Crippen molar-refractivity contribution >= 4 is 5.91 Å². The first-order valence-electron chi connectivity index (χ1n) is 20.4. The molecule has 3 unspecified atom stereocenters. The Labute approximate surface area is 297 Å². The van der Waals surface area contributed by atoms with Gasteiger partial charge in [-0.2, -0.15) is 0 Å². The summed E-state index contributed by atoms with van der Waals surface area (Å²) in [7, 11) is 0. The third-order valence-electron chi connectivity index (χ3n) is 9.09. The van der Waals surface area contributed by atoms with Crippen molar-refractivity contribution in [3.8, 4) is 0 Å². The largest absolute Gasteiger partial charge is 0.394 e. The van der Waals surface area contributed by atoms with E-state index in [1.165, 1.54) is 116 Å². The zero-order valence-electron chi connectivity index (χ0n) is 31.6. The summed E-state index contributed by atoms with van der Waals surface area (Å²) in [4.78, 5) is 12.4. The van der Waals surface area contributed by atoms with Crippen LogP contribution in [0.3, 0.4) is 0 Å². The fourth-order valence-electron chi connectivity index (χ4n) is 5.91. The number of aliphatic hydroxyl groups excluding tert-OH is 3. The Hall–Kier alpha value is -1.69. The quantitative estimate of drug-likeness (QED) is 0.0393. The summed E-state index contributed by atoms with van der Waals surface area (Å²) in [5.74, 6) is -0.336. The number of aliphatic hydroxyl groups is 3. The molecule has 0 aromatic rings. The van der Waals surface area contributed by atoms with Crippen molar-refractivity contribution in [1.82, 2.24) is 5.32 Å². The van der Waals surface area contributed by atoms with Crippen molar-refractivity contribution in [2.24, 2.45) is 0 Å². The summed E-state index contributed by atoms with van der Waals surface area (Å²) in [6.45, 7) is 4.17. The van der Waals surface area contributed by atoms with Crippen LogP contribution in [-0.2, 0) is 4.79 Å². The molecule has 0 saturated carbocycles. The molecular weight excluding hydrogens is 594 g/mol. The second-order valence-corrected chi connectivity index (χ2v) is 13.9. The number of unbranched alkanes of at least 4 members (excludes halogenated alkanes) is 21. The molecule has 1 amide bonds. The minimum absolute atomic E-state index is 0.00519. The van der Waals surface area contributed by atoms with Crippen LogP contribution >= 0.6 is 0 Å². The molecule has 0 rings (SSSR count). The molecule has 0 saturated heterocycles. The average molecular weight is 674 g/mol. The van der Waals surface area contributed by atoms with Crippen LogP contribution in [-0.4, -0.2) is 46.1 Å². The molecule has 0 aromatic carbocycles. The summed E-state index contributed by atoms with van der Waals surface area (Å²) in [6, 6.07) is -0.765. The normalized spacial score (nSPS) is 14.2. The zero-order chi connectivity index (χ0) is 35.2. The van der Waals surface area contributed by atoms with Crippen molar-refractivity contribution in [2.45, 2.75) is 212 Å². The summed E-state index contributed by atoms with van der Waals surface area (Å²) >= 11 is 0. The van der Waals surface area contributed by atoms with Crippen LogP contribution in [0, 0.1) is 0 Å². The van der Waals surface area contributed by atoms with Crippen LogP contribution in [0.2, 0.25) is 0 Å². The molecular formula is C43H79NO4. The Morgan fingerprint density at radius 1 is 0.542 bits per heavy atom. The van der Waals surface area contributed by atoms with Crippen LogP contribution in [0.5, 0.6) is 0 Å². The van der Waals surface area contributed by atoms with Crippen LogP contribution < -0.4 is 5.32 Å². The minimum Gasteiger partial charge on any atom is -0.394 e. The fourth-order valence-corrected chi connectivity index (χ4v) is 5.91. The van der Waals surface area contributed by atoms with Gasteiger partial charge in [-0.1, -0.05) is 172 Å². The van der Waals surface area contributed by atoms with Crippen LogP contribution in [0.1, 0.15) is 194 Å². The molecule has 4 N–H and O–H groups in total. The lowest BCUT2D eigenvalue weighted by molar-refractivity contribution is -0.124. The molecule has 0 heterocycles. The maximum absolute atomic E-state index is 12.4. The van der Waals surface area contributed by atoms with Gasteiger partial charge in [0.25, 0.3) is 0 Å². The van der Waals surface area contributed by atoms with Crippen molar-refractivity contribution in [1.29, 1.82) is 0 Å². The van der Waals surface area contributed by atoms with E-state index in [1.807, 2.05) is 6.08 Å². The Bertz CT molecular complexity index is 790. The van der Waals surface area contributed by atoms with Gasteiger partial charge in [0, 0.05) is 0 Å². The average Bonchev–Trinajstić information content (AvgIpc) is 3.08. The minimum atomic E-state index is -0.955. The van der Waals surface area contributed by atoms with Crippen LogP contribution in [0.25, 0.3) is 0 Å². The first kappa shape index (κ1) is 46.3. The molecule has 0 fully saturated rings. The number of carbonyl (C=O) groups excluding carboxylic acids is 1. The third-order valence-corrected chi connectivity index (χ3v) is 9.09. The van der Waals surface area contributed by atoms with Crippen molar-refractivity contribution in [2.75, 3.05) is 6.61 Å². The van der Waals surface area contributed by atoms with Gasteiger partial charge in [-0.25, -0.2) is 0 Å². The second kappa shape index (κ2) is 38.1. The topological polar surface area (TPSA) is 89.8 Å². The predicted molar refractivity (Wildman–Crippen MR) is 208 cm³/mol. The Morgan fingerprint density at radius 3 is 1.46 bits per heavy atom. The van der Waals surface area contributed by atoms with Gasteiger partial charge in [-0.15, -0.1) is 0 Å². The fraction of sp³-hybridized carbons (Fsp3) is 0.791. The smallest absolute Gasteiger partial charge is 0.222 e. The highest BCUT2D eigenvalue weighted by Gasteiger charge is 2.20. The van der Waals surface area contributed by atoms with E-state index in [0.29, 0.717) is 6.42 Å². The molecule has 0 spiro atoms. The van der Waals surface area contributed by atoms with E-state index in [2.05, 4.69) is 55.6 Å². The van der Waals surface area contributed by atoms with Gasteiger partial charge in [0.1, 0.15) is 0 Å². The van der Waals surface area contributed by atoms with Crippen LogP contribution in [0.4, 0.5) is 0 Å². The standard InChI is InChI=1S/C43H79NO4/c1-3-5-7-9-11-13-15-17-18-19-20-21-22-23-24-25-26-28-30-32-34-36-40(46)38-43(48)44-41(39-45)42(47)37-35-33-31-29-27-16-14-12-10-8-6-4-2/h20-21,23-24,27,29,35,37,40-42,45-47H,3-19,22,25-26,28,30-34,36,38-39H2,1-2H3,(H,44,48)/b21-20-,24-23-,29-27+,37-35+. The van der Waals surface area contributed by atoms with E-state index < -0.39 is 18.2 Å². The first-order chi connectivity index (χ1) is 23.5. The van der Waals surface area contributed by atoms with E-state index >= 15 is 0 Å². The summed E-state index contributed by atoms with van der Waals surface area (Å²) in [5, 5.41) is 33.1. The molecule has 0 radical (unpaired) electrons. The van der Waals surface area contributed by atoms with Gasteiger partial charge >= 0.3 is 0 Å².